The minimum Gasteiger partial charge on any atom is -0.468 e. The molecule has 0 radical (unpaired) electrons. The molecule has 2 aliphatic rings. The van der Waals surface area contributed by atoms with Crippen LogP contribution in [0.2, 0.25) is 0 Å². The van der Waals surface area contributed by atoms with Crippen LogP contribution in [-0.4, -0.2) is 62.0 Å². The van der Waals surface area contributed by atoms with Crippen molar-refractivity contribution in [3.8, 4) is 17.3 Å². The lowest BCUT2D eigenvalue weighted by molar-refractivity contribution is 0.0231. The van der Waals surface area contributed by atoms with Gasteiger partial charge in [0.2, 0.25) is 0 Å². The van der Waals surface area contributed by atoms with Crippen molar-refractivity contribution in [3.63, 3.8) is 0 Å². The molecule has 3 aromatic rings. The molecule has 0 spiro atoms. The van der Waals surface area contributed by atoms with Gasteiger partial charge in [-0.15, -0.1) is 0 Å². The molecule has 3 amide bonds. The number of amides is 3. The van der Waals surface area contributed by atoms with Crippen molar-refractivity contribution in [1.82, 2.24) is 24.7 Å². The number of hydrazone groups is 1. The predicted octanol–water partition coefficient (Wildman–Crippen LogP) is 2.92. The van der Waals surface area contributed by atoms with E-state index in [4.69, 9.17) is 10.5 Å². The molecule has 2 N–H and O–H groups in total. The number of nitrogens with two attached hydrogens (primary N) is 1. The fourth-order valence-electron chi connectivity index (χ4n) is 4.47. The van der Waals surface area contributed by atoms with Gasteiger partial charge in [0.1, 0.15) is 17.7 Å². The maximum absolute atomic E-state index is 14.5. The molecule has 1 fully saturated rings. The average Bonchev–Trinajstić information content (AvgIpc) is 3.41. The molecule has 0 saturated carbocycles. The Morgan fingerprint density at radius 2 is 1.81 bits per heavy atom. The van der Waals surface area contributed by atoms with E-state index in [1.165, 1.54) is 45.1 Å². The number of carbonyl (C=O) groups excluding carboxylic acids is 2. The van der Waals surface area contributed by atoms with Gasteiger partial charge < -0.3 is 15.4 Å². The number of likely N-dealkylation sites (tertiary alicyclic amines) is 1. The summed E-state index contributed by atoms with van der Waals surface area (Å²) in [6.45, 7) is 1.93. The van der Waals surface area contributed by atoms with Crippen LogP contribution in [0.1, 0.15) is 34.1 Å². The van der Waals surface area contributed by atoms with Crippen molar-refractivity contribution < 1.29 is 27.5 Å². The van der Waals surface area contributed by atoms with Crippen LogP contribution in [0.5, 0.6) is 5.88 Å². The number of halogens is 3. The number of benzene rings is 1. The van der Waals surface area contributed by atoms with Gasteiger partial charge >= 0.3 is 6.03 Å². The minimum absolute atomic E-state index is 0.0862. The van der Waals surface area contributed by atoms with Crippen molar-refractivity contribution >= 4 is 18.2 Å². The van der Waals surface area contributed by atoms with Crippen LogP contribution in [0.15, 0.2) is 35.4 Å². The molecule has 1 saturated heterocycles. The maximum atomic E-state index is 14.5. The molecule has 2 aliphatic heterocycles. The first-order chi connectivity index (χ1) is 17.6. The summed E-state index contributed by atoms with van der Waals surface area (Å²) in [6, 6.07) is 4.63. The van der Waals surface area contributed by atoms with Gasteiger partial charge in [-0.3, -0.25) is 9.48 Å². The predicted molar refractivity (Wildman–Crippen MR) is 125 cm³/mol. The van der Waals surface area contributed by atoms with Crippen LogP contribution >= 0.6 is 0 Å². The highest BCUT2D eigenvalue weighted by atomic mass is 19.1. The molecule has 4 heterocycles. The van der Waals surface area contributed by atoms with Gasteiger partial charge in [-0.25, -0.2) is 28.0 Å². The van der Waals surface area contributed by atoms with Crippen molar-refractivity contribution in [2.75, 3.05) is 13.1 Å². The molecule has 0 bridgehead atoms. The Labute approximate surface area is 209 Å². The topological polar surface area (TPSA) is 119 Å². The van der Waals surface area contributed by atoms with E-state index in [-0.39, 0.29) is 24.7 Å². The van der Waals surface area contributed by atoms with E-state index in [9.17, 15) is 22.8 Å². The van der Waals surface area contributed by atoms with Crippen LogP contribution in [0, 0.1) is 24.4 Å². The first-order valence-corrected chi connectivity index (χ1v) is 11.4. The zero-order valence-electron chi connectivity index (χ0n) is 19.9. The lowest BCUT2D eigenvalue weighted by Crippen LogP contribution is -2.59. The number of aromatic nitrogens is 3. The smallest absolute Gasteiger partial charge is 0.341 e. The molecular formula is C24H22F3N7O3. The molecule has 37 heavy (non-hydrogen) atoms. The number of pyridine rings is 1. The quantitative estimate of drug-likeness (QED) is 0.563. The second-order valence-electron chi connectivity index (χ2n) is 8.82. The summed E-state index contributed by atoms with van der Waals surface area (Å²) in [5, 5.41) is 9.34. The van der Waals surface area contributed by atoms with Crippen LogP contribution in [0.3, 0.4) is 0 Å². The Bertz CT molecular complexity index is 1410. The first kappa shape index (κ1) is 24.3. The van der Waals surface area contributed by atoms with Gasteiger partial charge in [0.15, 0.2) is 11.5 Å². The van der Waals surface area contributed by atoms with E-state index in [1.807, 2.05) is 0 Å². The van der Waals surface area contributed by atoms with Crippen molar-refractivity contribution in [3.05, 3.63) is 64.6 Å². The van der Waals surface area contributed by atoms with Crippen LogP contribution in [0.4, 0.5) is 18.0 Å². The van der Waals surface area contributed by atoms with Gasteiger partial charge in [0, 0.05) is 31.3 Å². The van der Waals surface area contributed by atoms with Gasteiger partial charge in [-0.05, 0) is 36.8 Å². The summed E-state index contributed by atoms with van der Waals surface area (Å²) in [5.41, 5.74) is 7.06. The first-order valence-electron chi connectivity index (χ1n) is 11.4. The van der Waals surface area contributed by atoms with E-state index < -0.39 is 41.5 Å². The van der Waals surface area contributed by atoms with Gasteiger partial charge in [0.25, 0.3) is 11.8 Å². The van der Waals surface area contributed by atoms with Gasteiger partial charge in [-0.2, -0.15) is 10.2 Å². The van der Waals surface area contributed by atoms with Gasteiger partial charge in [0.05, 0.1) is 30.5 Å². The summed E-state index contributed by atoms with van der Waals surface area (Å²) < 4.78 is 49.0. The fourth-order valence-corrected chi connectivity index (χ4v) is 4.47. The van der Waals surface area contributed by atoms with Gasteiger partial charge in [-0.1, -0.05) is 0 Å². The Morgan fingerprint density at radius 1 is 1.11 bits per heavy atom. The summed E-state index contributed by atoms with van der Waals surface area (Å²) in [6.07, 6.45) is 1.29. The second kappa shape index (κ2) is 9.22. The third-order valence-corrected chi connectivity index (χ3v) is 6.27. The third kappa shape index (κ3) is 4.47. The SMILES string of the molecule is Cc1c(C(N)=O)nn(C)c1-c1ccc(F)c(OC2CN(C(=O)N3N=CCC3c3cc(F)cc(F)c3)C2)n1. The molecule has 10 nitrogen and oxygen atoms in total. The molecule has 192 valence electrons. The number of aryl methyl sites for hydroxylation is 1. The second-order valence-corrected chi connectivity index (χ2v) is 8.82. The Morgan fingerprint density at radius 3 is 2.46 bits per heavy atom. The van der Waals surface area contributed by atoms with Crippen molar-refractivity contribution in [2.24, 2.45) is 17.9 Å². The number of rotatable bonds is 5. The van der Waals surface area contributed by atoms with Crippen molar-refractivity contribution in [1.29, 1.82) is 0 Å². The molecule has 1 atom stereocenters. The molecule has 1 aromatic carbocycles. The number of ether oxygens (including phenoxy) is 1. The number of hydrogen-bond acceptors (Lipinski definition) is 6. The third-order valence-electron chi connectivity index (χ3n) is 6.27. The highest BCUT2D eigenvalue weighted by Gasteiger charge is 2.39. The normalized spacial score (nSPS) is 17.3. The van der Waals surface area contributed by atoms with E-state index in [0.717, 1.165) is 6.07 Å². The number of carbonyl (C=O) groups is 2. The van der Waals surface area contributed by atoms with Crippen LogP contribution < -0.4 is 10.5 Å². The highest BCUT2D eigenvalue weighted by molar-refractivity contribution is 5.94. The molecule has 0 aliphatic carbocycles. The molecule has 2 aromatic heterocycles. The Balaban J connectivity index is 1.27. The number of hydrogen-bond donors (Lipinski definition) is 1. The fraction of sp³-hybridized carbons (Fsp3) is 0.292. The monoisotopic (exact) mass is 513 g/mol. The maximum Gasteiger partial charge on any atom is 0.341 e. The van der Waals surface area contributed by atoms with E-state index in [0.29, 0.717) is 28.9 Å². The summed E-state index contributed by atoms with van der Waals surface area (Å²) in [5.74, 6) is -3.13. The lowest BCUT2D eigenvalue weighted by Gasteiger charge is -2.40. The van der Waals surface area contributed by atoms with Crippen molar-refractivity contribution in [2.45, 2.75) is 25.5 Å². The van der Waals surface area contributed by atoms with Crippen LogP contribution in [-0.2, 0) is 7.05 Å². The molecule has 13 heteroatoms. The highest BCUT2D eigenvalue weighted by Crippen LogP contribution is 2.32. The molecule has 1 unspecified atom stereocenters. The molecular weight excluding hydrogens is 491 g/mol. The Kier molecular flexibility index (Phi) is 6.05. The zero-order chi connectivity index (χ0) is 26.4. The van der Waals surface area contributed by atoms with E-state index in [2.05, 4.69) is 15.2 Å². The number of nitrogens with zero attached hydrogens (tertiary/aromatic N) is 6. The number of urea groups is 1. The zero-order valence-corrected chi connectivity index (χ0v) is 19.9. The summed E-state index contributed by atoms with van der Waals surface area (Å²) >= 11 is 0. The average molecular weight is 513 g/mol. The van der Waals surface area contributed by atoms with Crippen LogP contribution in [0.25, 0.3) is 11.4 Å². The molecule has 5 rings (SSSR count). The standard InChI is InChI=1S/C24H22F3N7O3/c1-12-20(22(28)35)31-32(2)21(12)18-4-3-17(27)23(30-18)37-16-10-33(11-16)24(36)34-19(5-6-29-34)13-7-14(25)9-15(26)8-13/h3-4,6-9,16,19H,5,10-11H2,1-2H3,(H2,28,35). The summed E-state index contributed by atoms with van der Waals surface area (Å²) in [4.78, 5) is 30.3. The number of primary amides is 1. The lowest BCUT2D eigenvalue weighted by atomic mass is 10.0. The Hall–Kier alpha value is -4.42. The largest absolute Gasteiger partial charge is 0.468 e. The van der Waals surface area contributed by atoms with E-state index in [1.54, 1.807) is 14.0 Å². The van der Waals surface area contributed by atoms with E-state index >= 15 is 0 Å². The summed E-state index contributed by atoms with van der Waals surface area (Å²) in [7, 11) is 1.61. The minimum atomic E-state index is -0.740.